The van der Waals surface area contributed by atoms with Crippen molar-refractivity contribution < 1.29 is 8.42 Å². The first-order valence-corrected chi connectivity index (χ1v) is 9.05. The Morgan fingerprint density at radius 2 is 1.89 bits per heavy atom. The Hall–Kier alpha value is -0.270. The van der Waals surface area contributed by atoms with Crippen molar-refractivity contribution in [3.8, 4) is 0 Å². The molecule has 1 heterocycles. The van der Waals surface area contributed by atoms with E-state index < -0.39 is 10.0 Å². The summed E-state index contributed by atoms with van der Waals surface area (Å²) in [5.74, 6) is 0.389. The average Bonchev–Trinajstić information content (AvgIpc) is 2.71. The third-order valence-corrected chi connectivity index (χ3v) is 6.89. The van der Waals surface area contributed by atoms with Gasteiger partial charge in [0.05, 0.1) is 8.81 Å². The molecule has 3 nitrogen and oxygen atoms in total. The Bertz CT molecular complexity index is 664. The standard InChI is InChI=1S/C11H8BrCl2NO2S2/c12-11-9(14)5-10(18-11)19(16,17)15-8-3-1-7(6-13)2-4-8/h1-5,15H,6H2. The molecule has 0 aliphatic heterocycles. The molecule has 1 aromatic carbocycles. The van der Waals surface area contributed by atoms with E-state index in [2.05, 4.69) is 20.7 Å². The Labute approximate surface area is 133 Å². The number of nitrogens with one attached hydrogen (secondary N) is 1. The van der Waals surface area contributed by atoms with Crippen LogP contribution in [0.2, 0.25) is 5.02 Å². The number of anilines is 1. The molecule has 0 radical (unpaired) electrons. The van der Waals surface area contributed by atoms with Gasteiger partial charge in [-0.15, -0.1) is 22.9 Å². The zero-order valence-corrected chi connectivity index (χ0v) is 14.1. The van der Waals surface area contributed by atoms with E-state index in [4.69, 9.17) is 23.2 Å². The third kappa shape index (κ3) is 3.64. The second-order valence-corrected chi connectivity index (χ2v) is 8.58. The van der Waals surface area contributed by atoms with E-state index >= 15 is 0 Å². The van der Waals surface area contributed by atoms with Crippen LogP contribution in [0.4, 0.5) is 5.69 Å². The van der Waals surface area contributed by atoms with Crippen LogP contribution in [0.5, 0.6) is 0 Å². The summed E-state index contributed by atoms with van der Waals surface area (Å²) in [7, 11) is -3.61. The van der Waals surface area contributed by atoms with Gasteiger partial charge in [0.15, 0.2) is 0 Å². The van der Waals surface area contributed by atoms with Gasteiger partial charge in [0.2, 0.25) is 0 Å². The highest BCUT2D eigenvalue weighted by Crippen LogP contribution is 2.35. The molecule has 1 N–H and O–H groups in total. The first kappa shape index (κ1) is 15.1. The van der Waals surface area contributed by atoms with Crippen molar-refractivity contribution in [2.75, 3.05) is 4.72 Å². The molecule has 2 aromatic rings. The van der Waals surface area contributed by atoms with Gasteiger partial charge >= 0.3 is 0 Å². The van der Waals surface area contributed by atoms with Crippen LogP contribution in [-0.2, 0) is 15.9 Å². The van der Waals surface area contributed by atoms with Gasteiger partial charge in [0.25, 0.3) is 10.0 Å². The number of sulfonamides is 1. The Kier molecular flexibility index (Phi) is 4.79. The number of halogens is 3. The second-order valence-electron chi connectivity index (χ2n) is 3.62. The molecule has 0 saturated carbocycles. The maximum Gasteiger partial charge on any atom is 0.271 e. The molecule has 2 rings (SSSR count). The van der Waals surface area contributed by atoms with Gasteiger partial charge in [-0.2, -0.15) is 0 Å². The highest BCUT2D eigenvalue weighted by molar-refractivity contribution is 9.11. The first-order chi connectivity index (χ1) is 8.92. The van der Waals surface area contributed by atoms with Crippen molar-refractivity contribution in [3.63, 3.8) is 0 Å². The zero-order valence-electron chi connectivity index (χ0n) is 9.36. The molecule has 1 aromatic heterocycles. The van der Waals surface area contributed by atoms with Crippen molar-refractivity contribution in [2.45, 2.75) is 10.1 Å². The number of hydrogen-bond donors (Lipinski definition) is 1. The van der Waals surface area contributed by atoms with Gasteiger partial charge in [0, 0.05) is 11.6 Å². The van der Waals surface area contributed by atoms with Gasteiger partial charge in [0.1, 0.15) is 4.21 Å². The molecule has 102 valence electrons. The predicted octanol–water partition coefficient (Wildman–Crippen LogP) is 4.70. The average molecular weight is 401 g/mol. The van der Waals surface area contributed by atoms with Crippen LogP contribution in [0.1, 0.15) is 5.56 Å². The lowest BCUT2D eigenvalue weighted by atomic mass is 10.2. The maximum absolute atomic E-state index is 12.1. The van der Waals surface area contributed by atoms with Gasteiger partial charge in [-0.1, -0.05) is 23.7 Å². The van der Waals surface area contributed by atoms with Crippen molar-refractivity contribution >= 4 is 66.2 Å². The lowest BCUT2D eigenvalue weighted by Crippen LogP contribution is -2.11. The van der Waals surface area contributed by atoms with Crippen LogP contribution in [0.15, 0.2) is 38.3 Å². The molecule has 0 unspecified atom stereocenters. The summed E-state index contributed by atoms with van der Waals surface area (Å²) in [5.41, 5.74) is 1.40. The summed E-state index contributed by atoms with van der Waals surface area (Å²) in [4.78, 5) is 0. The van der Waals surface area contributed by atoms with Gasteiger partial charge in [-0.25, -0.2) is 8.42 Å². The fourth-order valence-electron chi connectivity index (χ4n) is 1.33. The van der Waals surface area contributed by atoms with Crippen LogP contribution in [0.25, 0.3) is 0 Å². The van der Waals surface area contributed by atoms with Gasteiger partial charge in [-0.3, -0.25) is 4.72 Å². The number of thiophene rings is 1. The van der Waals surface area contributed by atoms with Crippen LogP contribution in [0, 0.1) is 0 Å². The molecule has 8 heteroatoms. The molecule has 0 fully saturated rings. The van der Waals surface area contributed by atoms with Crippen molar-refractivity contribution in [2.24, 2.45) is 0 Å². The second kappa shape index (κ2) is 6.01. The Balaban J connectivity index is 2.25. The van der Waals surface area contributed by atoms with Crippen LogP contribution in [0.3, 0.4) is 0 Å². The summed E-state index contributed by atoms with van der Waals surface area (Å²) >= 11 is 15.8. The van der Waals surface area contributed by atoms with Gasteiger partial charge in [-0.05, 0) is 39.7 Å². The smallest absolute Gasteiger partial charge is 0.271 e. The summed E-state index contributed by atoms with van der Waals surface area (Å²) in [6.07, 6.45) is 0. The lowest BCUT2D eigenvalue weighted by Gasteiger charge is -2.06. The van der Waals surface area contributed by atoms with Gasteiger partial charge < -0.3 is 0 Å². The van der Waals surface area contributed by atoms with Crippen LogP contribution >= 0.6 is 50.5 Å². The summed E-state index contributed by atoms with van der Waals surface area (Å²) < 4.78 is 27.5. The summed E-state index contributed by atoms with van der Waals surface area (Å²) in [5, 5.41) is 0.378. The number of hydrogen-bond acceptors (Lipinski definition) is 3. The normalized spacial score (nSPS) is 11.5. The fraction of sp³-hybridized carbons (Fsp3) is 0.0909. The summed E-state index contributed by atoms with van der Waals surface area (Å²) in [6, 6.07) is 8.27. The molecule has 0 saturated heterocycles. The molecule has 0 aliphatic carbocycles. The molecule has 0 spiro atoms. The van der Waals surface area contributed by atoms with E-state index in [-0.39, 0.29) is 4.21 Å². The van der Waals surface area contributed by atoms with E-state index in [1.807, 2.05) is 0 Å². The number of benzene rings is 1. The minimum absolute atomic E-state index is 0.158. The first-order valence-electron chi connectivity index (χ1n) is 5.05. The monoisotopic (exact) mass is 399 g/mol. The molecule has 0 bridgehead atoms. The molecule has 19 heavy (non-hydrogen) atoms. The van der Waals surface area contributed by atoms with Crippen LogP contribution < -0.4 is 4.72 Å². The van der Waals surface area contributed by atoms with Crippen molar-refractivity contribution in [3.05, 3.63) is 44.7 Å². The lowest BCUT2D eigenvalue weighted by molar-refractivity contribution is 0.603. The van der Waals surface area contributed by atoms with E-state index in [1.165, 1.54) is 6.07 Å². The SMILES string of the molecule is O=S(=O)(Nc1ccc(CCl)cc1)c1cc(Cl)c(Br)s1. The van der Waals surface area contributed by atoms with Crippen LogP contribution in [-0.4, -0.2) is 8.42 Å². The molecular weight excluding hydrogens is 393 g/mol. The molecule has 0 amide bonds. The van der Waals surface area contributed by atoms with Crippen molar-refractivity contribution in [1.82, 2.24) is 0 Å². The third-order valence-electron chi connectivity index (χ3n) is 2.25. The fourth-order valence-corrected chi connectivity index (χ4v) is 4.96. The zero-order chi connectivity index (χ0) is 14.0. The quantitative estimate of drug-likeness (QED) is 0.755. The minimum atomic E-state index is -3.61. The topological polar surface area (TPSA) is 46.2 Å². The van der Waals surface area contributed by atoms with E-state index in [0.717, 1.165) is 16.9 Å². The van der Waals surface area contributed by atoms with Crippen molar-refractivity contribution in [1.29, 1.82) is 0 Å². The van der Waals surface area contributed by atoms with E-state index in [9.17, 15) is 8.42 Å². The maximum atomic E-state index is 12.1. The number of rotatable bonds is 4. The minimum Gasteiger partial charge on any atom is -0.279 e. The van der Waals surface area contributed by atoms with E-state index in [1.54, 1.807) is 24.3 Å². The molecular formula is C11H8BrCl2NO2S2. The number of alkyl halides is 1. The van der Waals surface area contributed by atoms with E-state index in [0.29, 0.717) is 20.4 Å². The summed E-state index contributed by atoms with van der Waals surface area (Å²) in [6.45, 7) is 0. The highest BCUT2D eigenvalue weighted by atomic mass is 79.9. The molecule has 0 atom stereocenters. The largest absolute Gasteiger partial charge is 0.279 e. The Morgan fingerprint density at radius 1 is 1.26 bits per heavy atom. The predicted molar refractivity (Wildman–Crippen MR) is 83.8 cm³/mol. The highest BCUT2D eigenvalue weighted by Gasteiger charge is 2.19. The Morgan fingerprint density at radius 3 is 2.37 bits per heavy atom. The molecule has 0 aliphatic rings.